The number of carbonyl (C=O) groups excluding carboxylic acids is 3. The Bertz CT molecular complexity index is 979. The van der Waals surface area contributed by atoms with Gasteiger partial charge in [-0.15, -0.1) is 0 Å². The van der Waals surface area contributed by atoms with Crippen molar-refractivity contribution in [2.75, 3.05) is 27.3 Å². The highest BCUT2D eigenvalue weighted by atomic mass is 16.5. The highest BCUT2D eigenvalue weighted by Gasteiger charge is 2.37. The van der Waals surface area contributed by atoms with Gasteiger partial charge < -0.3 is 14.4 Å². The van der Waals surface area contributed by atoms with Crippen LogP contribution in [0.2, 0.25) is 0 Å². The third-order valence-corrected chi connectivity index (χ3v) is 5.35. The van der Waals surface area contributed by atoms with Gasteiger partial charge in [-0.2, -0.15) is 4.99 Å². The Morgan fingerprint density at radius 1 is 1.14 bits per heavy atom. The maximum Gasteiger partial charge on any atom is 0.351 e. The van der Waals surface area contributed by atoms with E-state index in [4.69, 9.17) is 9.47 Å². The molecule has 1 unspecified atom stereocenters. The van der Waals surface area contributed by atoms with E-state index in [1.807, 2.05) is 12.1 Å². The van der Waals surface area contributed by atoms with Gasteiger partial charge in [0.25, 0.3) is 0 Å². The van der Waals surface area contributed by atoms with Gasteiger partial charge in [-0.05, 0) is 35.8 Å². The third-order valence-electron chi connectivity index (χ3n) is 5.35. The molecule has 4 rings (SSSR count). The minimum Gasteiger partial charge on any atom is -0.493 e. The van der Waals surface area contributed by atoms with E-state index in [2.05, 4.69) is 4.99 Å². The topological polar surface area (TPSA) is 88.5 Å². The summed E-state index contributed by atoms with van der Waals surface area (Å²) in [5, 5.41) is 0. The Morgan fingerprint density at radius 2 is 1.86 bits per heavy atom. The second-order valence-corrected chi connectivity index (χ2v) is 7.01. The van der Waals surface area contributed by atoms with Crippen LogP contribution in [0.1, 0.15) is 11.1 Å². The summed E-state index contributed by atoms with van der Waals surface area (Å²) in [7, 11) is 3.15. The van der Waals surface area contributed by atoms with Gasteiger partial charge in [-0.1, -0.05) is 18.2 Å². The zero-order chi connectivity index (χ0) is 20.5. The monoisotopic (exact) mass is 395 g/mol. The lowest BCUT2D eigenvalue weighted by Gasteiger charge is -2.33. The largest absolute Gasteiger partial charge is 0.493 e. The molecule has 0 saturated heterocycles. The van der Waals surface area contributed by atoms with Crippen LogP contribution in [0.5, 0.6) is 11.5 Å². The van der Waals surface area contributed by atoms with Crippen LogP contribution in [-0.4, -0.2) is 60.7 Å². The van der Waals surface area contributed by atoms with E-state index >= 15 is 0 Å². The van der Waals surface area contributed by atoms with Gasteiger partial charge in [0.2, 0.25) is 11.8 Å². The summed E-state index contributed by atoms with van der Waals surface area (Å²) in [4.78, 5) is 44.3. The van der Waals surface area contributed by atoms with Crippen LogP contribution in [0.25, 0.3) is 0 Å². The zero-order valence-electron chi connectivity index (χ0n) is 16.3. The molecule has 0 radical (unpaired) electrons. The van der Waals surface area contributed by atoms with Gasteiger partial charge in [0, 0.05) is 13.1 Å². The fourth-order valence-corrected chi connectivity index (χ4v) is 3.76. The number of benzene rings is 1. The van der Waals surface area contributed by atoms with E-state index in [9.17, 15) is 14.4 Å². The van der Waals surface area contributed by atoms with Crippen LogP contribution >= 0.6 is 0 Å². The molecule has 1 aliphatic carbocycles. The number of aliphatic imine (C=N–C) groups is 1. The highest BCUT2D eigenvalue weighted by molar-refractivity contribution is 6.22. The van der Waals surface area contributed by atoms with Crippen LogP contribution < -0.4 is 9.47 Å². The fourth-order valence-electron chi connectivity index (χ4n) is 3.76. The average molecular weight is 395 g/mol. The maximum absolute atomic E-state index is 12.8. The van der Waals surface area contributed by atoms with Crippen molar-refractivity contribution in [1.29, 1.82) is 0 Å². The van der Waals surface area contributed by atoms with Crippen molar-refractivity contribution in [2.45, 2.75) is 13.0 Å². The number of allylic oxidation sites excluding steroid dienone is 3. The molecule has 1 aromatic rings. The van der Waals surface area contributed by atoms with Crippen molar-refractivity contribution in [3.63, 3.8) is 0 Å². The number of nitrogens with zero attached hydrogens (tertiary/aromatic N) is 3. The number of hydrogen-bond acceptors (Lipinski definition) is 5. The molecular weight excluding hydrogens is 374 g/mol. The molecule has 2 aliphatic heterocycles. The SMILES string of the molecule is COc1cc2c(cc1OC)CN(C(=O)CN1C(=O)N=C3C=CC=CC3C1=O)CC2. The molecule has 1 aromatic carbocycles. The molecule has 0 aromatic heterocycles. The van der Waals surface area contributed by atoms with Crippen LogP contribution in [0, 0.1) is 5.92 Å². The molecule has 0 N–H and O–H groups in total. The average Bonchev–Trinajstić information content (AvgIpc) is 2.75. The Labute approximate surface area is 168 Å². The number of amides is 4. The number of methoxy groups -OCH3 is 2. The minimum absolute atomic E-state index is 0.291. The molecule has 0 saturated carbocycles. The summed E-state index contributed by atoms with van der Waals surface area (Å²) in [5.41, 5.74) is 2.46. The number of imide groups is 1. The van der Waals surface area contributed by atoms with Gasteiger partial charge in [0.1, 0.15) is 6.54 Å². The first-order chi connectivity index (χ1) is 14.0. The second kappa shape index (κ2) is 7.54. The first-order valence-corrected chi connectivity index (χ1v) is 9.32. The lowest BCUT2D eigenvalue weighted by Crippen LogP contribution is -2.51. The van der Waals surface area contributed by atoms with Gasteiger partial charge >= 0.3 is 6.03 Å². The quantitative estimate of drug-likeness (QED) is 0.775. The summed E-state index contributed by atoms with van der Waals surface area (Å²) in [6.45, 7) is 0.564. The minimum atomic E-state index is -0.696. The number of fused-ring (bicyclic) bond motifs is 2. The van der Waals surface area contributed by atoms with Crippen molar-refractivity contribution in [2.24, 2.45) is 10.9 Å². The standard InChI is InChI=1S/C21H21N3O5/c1-28-17-9-13-7-8-23(11-14(13)10-18(17)29-2)19(25)12-24-20(26)15-5-3-4-6-16(15)22-21(24)27/h3-6,9-10,15H,7-8,11-12H2,1-2H3. The molecular formula is C21H21N3O5. The van der Waals surface area contributed by atoms with Crippen molar-refractivity contribution >= 4 is 23.6 Å². The first kappa shape index (κ1) is 18.9. The number of ether oxygens (including phenoxy) is 2. The summed E-state index contributed by atoms with van der Waals surface area (Å²) in [5.74, 6) is -0.0667. The van der Waals surface area contributed by atoms with Gasteiger partial charge in [0.05, 0.1) is 25.8 Å². The van der Waals surface area contributed by atoms with E-state index in [1.54, 1.807) is 43.4 Å². The summed E-state index contributed by atoms with van der Waals surface area (Å²) in [6, 6.07) is 3.09. The van der Waals surface area contributed by atoms with Crippen molar-refractivity contribution in [1.82, 2.24) is 9.80 Å². The lowest BCUT2D eigenvalue weighted by atomic mass is 9.95. The normalized spacial score (nSPS) is 20.2. The summed E-state index contributed by atoms with van der Waals surface area (Å²) in [6.07, 6.45) is 7.44. The summed E-state index contributed by atoms with van der Waals surface area (Å²) < 4.78 is 10.7. The van der Waals surface area contributed by atoms with Crippen LogP contribution in [0.4, 0.5) is 4.79 Å². The fraction of sp³-hybridized carbons (Fsp3) is 0.333. The number of carbonyl (C=O) groups is 3. The molecule has 8 nitrogen and oxygen atoms in total. The molecule has 0 spiro atoms. The molecule has 0 fully saturated rings. The smallest absolute Gasteiger partial charge is 0.351 e. The van der Waals surface area contributed by atoms with Crippen molar-refractivity contribution in [3.05, 3.63) is 47.6 Å². The molecule has 3 aliphatic rings. The van der Waals surface area contributed by atoms with Gasteiger partial charge in [-0.25, -0.2) is 4.79 Å². The Balaban J connectivity index is 1.49. The van der Waals surface area contributed by atoms with E-state index < -0.39 is 17.9 Å². The Hall–Kier alpha value is -3.42. The van der Waals surface area contributed by atoms with Crippen LogP contribution in [0.15, 0.2) is 41.4 Å². The van der Waals surface area contributed by atoms with Crippen LogP contribution in [-0.2, 0) is 22.6 Å². The predicted octanol–water partition coefficient (Wildman–Crippen LogP) is 1.73. The van der Waals surface area contributed by atoms with E-state index in [0.29, 0.717) is 36.7 Å². The molecule has 0 bridgehead atoms. The molecule has 2 heterocycles. The summed E-state index contributed by atoms with van der Waals surface area (Å²) >= 11 is 0. The number of urea groups is 1. The number of rotatable bonds is 4. The number of hydrogen-bond donors (Lipinski definition) is 0. The van der Waals surface area contributed by atoms with E-state index in [1.165, 1.54) is 0 Å². The van der Waals surface area contributed by atoms with Gasteiger partial charge in [0.15, 0.2) is 11.5 Å². The van der Waals surface area contributed by atoms with Gasteiger partial charge in [-0.3, -0.25) is 14.5 Å². The van der Waals surface area contributed by atoms with E-state index in [-0.39, 0.29) is 12.5 Å². The molecule has 8 heteroatoms. The highest BCUT2D eigenvalue weighted by Crippen LogP contribution is 2.33. The first-order valence-electron chi connectivity index (χ1n) is 9.32. The molecule has 29 heavy (non-hydrogen) atoms. The zero-order valence-corrected chi connectivity index (χ0v) is 16.3. The molecule has 4 amide bonds. The van der Waals surface area contributed by atoms with E-state index in [0.717, 1.165) is 16.0 Å². The van der Waals surface area contributed by atoms with Crippen molar-refractivity contribution in [3.8, 4) is 11.5 Å². The molecule has 150 valence electrons. The van der Waals surface area contributed by atoms with Crippen LogP contribution in [0.3, 0.4) is 0 Å². The third kappa shape index (κ3) is 3.41. The Morgan fingerprint density at radius 3 is 2.59 bits per heavy atom. The Kier molecular flexibility index (Phi) is 4.92. The van der Waals surface area contributed by atoms with Crippen molar-refractivity contribution < 1.29 is 23.9 Å². The maximum atomic E-state index is 12.8. The molecule has 1 atom stereocenters. The lowest BCUT2D eigenvalue weighted by molar-refractivity contribution is -0.139. The predicted molar refractivity (Wildman–Crippen MR) is 105 cm³/mol. The second-order valence-electron chi connectivity index (χ2n) is 7.01.